The van der Waals surface area contributed by atoms with Gasteiger partial charge < -0.3 is 4.74 Å². The minimum absolute atomic E-state index is 0.0170. The van der Waals surface area contributed by atoms with Gasteiger partial charge in [0.05, 0.1) is 34.8 Å². The van der Waals surface area contributed by atoms with Crippen molar-refractivity contribution in [3.05, 3.63) is 83.9 Å². The first-order chi connectivity index (χ1) is 16.1. The molecular formula is C24H24N2O6S2. The summed E-state index contributed by atoms with van der Waals surface area (Å²) >= 11 is 0. The Labute approximate surface area is 199 Å². The first-order valence-corrected chi connectivity index (χ1v) is 13.3. The Morgan fingerprint density at radius 2 is 1.24 bits per heavy atom. The molecule has 0 N–H and O–H groups in total. The molecule has 34 heavy (non-hydrogen) atoms. The molecule has 0 unspecified atom stereocenters. The molecule has 0 saturated heterocycles. The number of ether oxygens (including phenoxy) is 1. The fourth-order valence-corrected chi connectivity index (χ4v) is 6.94. The number of methoxy groups -OCH3 is 1. The van der Waals surface area contributed by atoms with Gasteiger partial charge in [0.2, 0.25) is 0 Å². The number of carbonyl (C=O) groups is 1. The molecule has 1 aliphatic rings. The summed E-state index contributed by atoms with van der Waals surface area (Å²) in [7, 11) is -7.19. The van der Waals surface area contributed by atoms with Crippen LogP contribution in [0.3, 0.4) is 0 Å². The van der Waals surface area contributed by atoms with E-state index >= 15 is 0 Å². The van der Waals surface area contributed by atoms with Crippen molar-refractivity contribution in [1.29, 1.82) is 0 Å². The molecule has 4 rings (SSSR count). The Bertz CT molecular complexity index is 1430. The number of rotatable bonds is 5. The number of benzene rings is 3. The lowest BCUT2D eigenvalue weighted by molar-refractivity contribution is -0.141. The molecule has 0 saturated carbocycles. The molecule has 1 aliphatic heterocycles. The number of sulfonamides is 2. The minimum atomic E-state index is -4.22. The van der Waals surface area contributed by atoms with E-state index in [0.29, 0.717) is 0 Å². The average molecular weight is 501 g/mol. The summed E-state index contributed by atoms with van der Waals surface area (Å²) in [6.45, 7) is 3.23. The lowest BCUT2D eigenvalue weighted by Gasteiger charge is -2.41. The van der Waals surface area contributed by atoms with E-state index in [9.17, 15) is 21.6 Å². The van der Waals surface area contributed by atoms with Crippen molar-refractivity contribution in [3.8, 4) is 0 Å². The molecule has 178 valence electrons. The molecule has 0 bridgehead atoms. The Morgan fingerprint density at radius 1 is 0.765 bits per heavy atom. The number of para-hydroxylation sites is 2. The third-order valence-electron chi connectivity index (χ3n) is 5.67. The maximum atomic E-state index is 13.7. The summed E-state index contributed by atoms with van der Waals surface area (Å²) in [6.07, 6.45) is 0. The average Bonchev–Trinajstić information content (AvgIpc) is 2.82. The molecule has 0 fully saturated rings. The van der Waals surface area contributed by atoms with Gasteiger partial charge in [-0.2, -0.15) is 0 Å². The first-order valence-electron chi connectivity index (χ1n) is 10.4. The number of aryl methyl sites for hydroxylation is 2. The smallest absolute Gasteiger partial charge is 0.331 e. The molecule has 3 aromatic carbocycles. The fraction of sp³-hybridized carbons (Fsp3) is 0.208. The Kier molecular flexibility index (Phi) is 6.13. The molecule has 0 radical (unpaired) electrons. The van der Waals surface area contributed by atoms with Gasteiger partial charge in [0, 0.05) is 0 Å². The first kappa shape index (κ1) is 23.8. The molecule has 10 heteroatoms. The molecular weight excluding hydrogens is 476 g/mol. The number of anilines is 2. The van der Waals surface area contributed by atoms with Crippen molar-refractivity contribution < 1.29 is 26.4 Å². The summed E-state index contributed by atoms with van der Waals surface area (Å²) in [4.78, 5) is 12.8. The molecule has 8 nitrogen and oxygen atoms in total. The lowest BCUT2D eigenvalue weighted by Crippen LogP contribution is -2.56. The Balaban J connectivity index is 1.92. The third-order valence-corrected chi connectivity index (χ3v) is 9.30. The van der Waals surface area contributed by atoms with Gasteiger partial charge >= 0.3 is 5.97 Å². The van der Waals surface area contributed by atoms with E-state index in [1.165, 1.54) is 36.4 Å². The van der Waals surface area contributed by atoms with Gasteiger partial charge in [-0.15, -0.1) is 0 Å². The molecule has 0 aromatic heterocycles. The second kappa shape index (κ2) is 8.77. The van der Waals surface area contributed by atoms with E-state index in [2.05, 4.69) is 0 Å². The summed E-state index contributed by atoms with van der Waals surface area (Å²) in [5, 5.41) is 0. The predicted molar refractivity (Wildman–Crippen MR) is 129 cm³/mol. The van der Waals surface area contributed by atoms with Crippen molar-refractivity contribution in [1.82, 2.24) is 0 Å². The molecule has 3 aromatic rings. The number of carbonyl (C=O) groups excluding carboxylic acids is 1. The number of hydrogen-bond acceptors (Lipinski definition) is 6. The standard InChI is InChI=1S/C24H24N2O6S2/c1-17-8-12-19(13-9-17)33(28,29)25-16-23(24(27)32-3)26(22-7-5-4-6-21(22)25)34(30,31)20-14-10-18(2)11-15-20/h4-15,23H,16H2,1-3H3/t23-/m1/s1. The zero-order valence-corrected chi connectivity index (χ0v) is 20.5. The Morgan fingerprint density at radius 3 is 1.74 bits per heavy atom. The number of fused-ring (bicyclic) bond motifs is 1. The van der Waals surface area contributed by atoms with E-state index in [1.807, 2.05) is 13.8 Å². The largest absolute Gasteiger partial charge is 0.467 e. The maximum absolute atomic E-state index is 13.7. The zero-order valence-electron chi connectivity index (χ0n) is 18.9. The van der Waals surface area contributed by atoms with Crippen molar-refractivity contribution in [2.45, 2.75) is 29.7 Å². The SMILES string of the molecule is COC(=O)[C@H]1CN(S(=O)(=O)c2ccc(C)cc2)c2ccccc2N1S(=O)(=O)c1ccc(C)cc1. The van der Waals surface area contributed by atoms with Gasteiger partial charge in [0.1, 0.15) is 0 Å². The second-order valence-electron chi connectivity index (χ2n) is 7.99. The van der Waals surface area contributed by atoms with E-state index in [4.69, 9.17) is 4.74 Å². The van der Waals surface area contributed by atoms with Crippen LogP contribution in [0.5, 0.6) is 0 Å². The van der Waals surface area contributed by atoms with Crippen LogP contribution in [-0.2, 0) is 29.6 Å². The topological polar surface area (TPSA) is 101 Å². The van der Waals surface area contributed by atoms with E-state index in [1.54, 1.807) is 36.4 Å². The monoisotopic (exact) mass is 500 g/mol. The number of nitrogens with zero attached hydrogens (tertiary/aromatic N) is 2. The number of hydrogen-bond donors (Lipinski definition) is 0. The van der Waals surface area contributed by atoms with Gasteiger partial charge in [-0.3, -0.25) is 4.31 Å². The summed E-state index contributed by atoms with van der Waals surface area (Å²) in [6, 6.07) is 17.3. The van der Waals surface area contributed by atoms with Crippen molar-refractivity contribution in [3.63, 3.8) is 0 Å². The van der Waals surface area contributed by atoms with Crippen molar-refractivity contribution in [2.75, 3.05) is 22.3 Å². The lowest BCUT2D eigenvalue weighted by atomic mass is 10.1. The van der Waals surface area contributed by atoms with E-state index in [0.717, 1.165) is 26.8 Å². The fourth-order valence-electron chi connectivity index (χ4n) is 3.85. The Hall–Kier alpha value is -3.37. The maximum Gasteiger partial charge on any atom is 0.331 e. The third kappa shape index (κ3) is 4.03. The van der Waals surface area contributed by atoms with Crippen LogP contribution >= 0.6 is 0 Å². The highest BCUT2D eigenvalue weighted by atomic mass is 32.2. The van der Waals surface area contributed by atoms with Gasteiger partial charge in [-0.05, 0) is 50.2 Å². The molecule has 0 amide bonds. The van der Waals surface area contributed by atoms with Gasteiger partial charge in [-0.25, -0.2) is 25.9 Å². The van der Waals surface area contributed by atoms with Gasteiger partial charge in [0.25, 0.3) is 20.0 Å². The molecule has 0 spiro atoms. The molecule has 1 atom stereocenters. The van der Waals surface area contributed by atoms with Crippen LogP contribution in [0.4, 0.5) is 11.4 Å². The van der Waals surface area contributed by atoms with Crippen LogP contribution < -0.4 is 8.61 Å². The molecule has 1 heterocycles. The van der Waals surface area contributed by atoms with Crippen molar-refractivity contribution in [2.24, 2.45) is 0 Å². The van der Waals surface area contributed by atoms with Crippen LogP contribution in [0.1, 0.15) is 11.1 Å². The van der Waals surface area contributed by atoms with E-state index in [-0.39, 0.29) is 21.2 Å². The highest BCUT2D eigenvalue weighted by molar-refractivity contribution is 7.93. The zero-order chi connectivity index (χ0) is 24.7. The van der Waals surface area contributed by atoms with Gasteiger partial charge in [0.15, 0.2) is 6.04 Å². The number of esters is 1. The van der Waals surface area contributed by atoms with Crippen LogP contribution in [0, 0.1) is 13.8 Å². The van der Waals surface area contributed by atoms with E-state index < -0.39 is 38.6 Å². The highest BCUT2D eigenvalue weighted by Gasteiger charge is 2.46. The summed E-state index contributed by atoms with van der Waals surface area (Å²) in [5.74, 6) is -0.866. The second-order valence-corrected chi connectivity index (χ2v) is 11.7. The van der Waals surface area contributed by atoms with Crippen LogP contribution in [-0.4, -0.2) is 42.5 Å². The van der Waals surface area contributed by atoms with Crippen LogP contribution in [0.25, 0.3) is 0 Å². The minimum Gasteiger partial charge on any atom is -0.467 e. The van der Waals surface area contributed by atoms with Crippen molar-refractivity contribution >= 4 is 37.4 Å². The normalized spacial score (nSPS) is 16.1. The highest BCUT2D eigenvalue weighted by Crippen LogP contribution is 2.41. The summed E-state index contributed by atoms with van der Waals surface area (Å²) < 4.78 is 61.5. The van der Waals surface area contributed by atoms with Crippen LogP contribution in [0.2, 0.25) is 0 Å². The predicted octanol–water partition coefficient (Wildman–Crippen LogP) is 3.25. The summed E-state index contributed by atoms with van der Waals surface area (Å²) in [5.41, 5.74) is 1.98. The quantitative estimate of drug-likeness (QED) is 0.499. The van der Waals surface area contributed by atoms with Crippen LogP contribution in [0.15, 0.2) is 82.6 Å². The van der Waals surface area contributed by atoms with Gasteiger partial charge in [-0.1, -0.05) is 47.5 Å². The molecule has 0 aliphatic carbocycles.